The largest absolute Gasteiger partial charge is 0.348 e. The molecule has 2 rings (SSSR count). The molecule has 0 saturated carbocycles. The van der Waals surface area contributed by atoms with Crippen LogP contribution in [-0.4, -0.2) is 11.9 Å². The van der Waals surface area contributed by atoms with Gasteiger partial charge in [0.1, 0.15) is 0 Å². The first kappa shape index (κ1) is 12.1. The molecule has 0 spiro atoms. The second kappa shape index (κ2) is 5.32. The molecule has 0 aromatic heterocycles. The van der Waals surface area contributed by atoms with Crippen molar-refractivity contribution in [3.63, 3.8) is 0 Å². The summed E-state index contributed by atoms with van der Waals surface area (Å²) >= 11 is 0. The van der Waals surface area contributed by atoms with E-state index in [0.29, 0.717) is 6.42 Å². The maximum Gasteiger partial charge on any atom is 0.220 e. The van der Waals surface area contributed by atoms with Crippen LogP contribution in [0.1, 0.15) is 43.4 Å². The molecule has 3 nitrogen and oxygen atoms in total. The fraction of sp³-hybridized carbons (Fsp3) is 0.500. The number of nitrogens with two attached hydrogens (primary N) is 1. The average molecular weight is 232 g/mol. The summed E-state index contributed by atoms with van der Waals surface area (Å²) in [5.74, 6) is 0.115. The molecule has 2 atom stereocenters. The Bertz CT molecular complexity index is 403. The Morgan fingerprint density at radius 2 is 2.24 bits per heavy atom. The first-order chi connectivity index (χ1) is 8.22. The minimum absolute atomic E-state index is 0.00411. The molecule has 1 aromatic carbocycles. The summed E-state index contributed by atoms with van der Waals surface area (Å²) in [7, 11) is 0. The van der Waals surface area contributed by atoms with Gasteiger partial charge in [0.05, 0.1) is 6.04 Å². The number of benzene rings is 1. The normalized spacial score (nSPS) is 22.2. The lowest BCUT2D eigenvalue weighted by Crippen LogP contribution is -2.38. The highest BCUT2D eigenvalue weighted by Gasteiger charge is 2.30. The molecule has 0 radical (unpaired) electrons. The number of amides is 1. The second-order valence-electron chi connectivity index (χ2n) is 4.72. The minimum atomic E-state index is -0.00411. The Hall–Kier alpha value is -1.35. The van der Waals surface area contributed by atoms with Gasteiger partial charge in [-0.15, -0.1) is 0 Å². The Balaban J connectivity index is 2.04. The summed E-state index contributed by atoms with van der Waals surface area (Å²) in [4.78, 5) is 11.7. The van der Waals surface area contributed by atoms with Crippen molar-refractivity contribution in [2.75, 3.05) is 0 Å². The summed E-state index contributed by atoms with van der Waals surface area (Å²) in [6, 6.07) is 8.18. The van der Waals surface area contributed by atoms with Gasteiger partial charge in [-0.3, -0.25) is 4.79 Å². The Labute approximate surface area is 102 Å². The predicted molar refractivity (Wildman–Crippen MR) is 68.5 cm³/mol. The summed E-state index contributed by atoms with van der Waals surface area (Å²) in [5, 5.41) is 3.06. The fourth-order valence-electron chi connectivity index (χ4n) is 2.39. The van der Waals surface area contributed by atoms with Gasteiger partial charge in [-0.2, -0.15) is 0 Å². The van der Waals surface area contributed by atoms with Gasteiger partial charge in [-0.05, 0) is 24.0 Å². The standard InChI is InChI=1S/C14H20N2O/c1-2-3-8-13(17)16-14-11-7-5-4-6-10(11)9-12(14)15/h4-7,12,14H,2-3,8-9,15H2,1H3,(H,16,17). The van der Waals surface area contributed by atoms with Gasteiger partial charge in [0.25, 0.3) is 0 Å². The third-order valence-corrected chi connectivity index (χ3v) is 3.35. The molecular formula is C14H20N2O. The van der Waals surface area contributed by atoms with Crippen LogP contribution in [0.3, 0.4) is 0 Å². The summed E-state index contributed by atoms with van der Waals surface area (Å²) in [6.07, 6.45) is 3.44. The predicted octanol–water partition coefficient (Wildman–Crippen LogP) is 1.92. The van der Waals surface area contributed by atoms with E-state index in [1.54, 1.807) is 0 Å². The first-order valence-electron chi connectivity index (χ1n) is 6.35. The smallest absolute Gasteiger partial charge is 0.220 e. The molecular weight excluding hydrogens is 212 g/mol. The number of carbonyl (C=O) groups is 1. The Morgan fingerprint density at radius 1 is 1.47 bits per heavy atom. The third kappa shape index (κ3) is 2.67. The number of unbranched alkanes of at least 4 members (excludes halogenated alkanes) is 1. The van der Waals surface area contributed by atoms with E-state index in [2.05, 4.69) is 24.4 Å². The molecule has 1 amide bonds. The Kier molecular flexibility index (Phi) is 3.79. The van der Waals surface area contributed by atoms with Gasteiger partial charge in [0.2, 0.25) is 5.91 Å². The highest BCUT2D eigenvalue weighted by atomic mass is 16.1. The van der Waals surface area contributed by atoms with E-state index in [4.69, 9.17) is 5.73 Å². The molecule has 1 aliphatic carbocycles. The van der Waals surface area contributed by atoms with Crippen LogP contribution < -0.4 is 11.1 Å². The van der Waals surface area contributed by atoms with Crippen LogP contribution in [0.5, 0.6) is 0 Å². The van der Waals surface area contributed by atoms with Gasteiger partial charge < -0.3 is 11.1 Å². The van der Waals surface area contributed by atoms with Crippen LogP contribution in [0.4, 0.5) is 0 Å². The molecule has 3 N–H and O–H groups in total. The van der Waals surface area contributed by atoms with E-state index in [1.807, 2.05) is 12.1 Å². The van der Waals surface area contributed by atoms with Crippen molar-refractivity contribution >= 4 is 5.91 Å². The number of hydrogen-bond acceptors (Lipinski definition) is 2. The van der Waals surface area contributed by atoms with Crippen LogP contribution in [0, 0.1) is 0 Å². The molecule has 2 unspecified atom stereocenters. The molecule has 0 fully saturated rings. The van der Waals surface area contributed by atoms with Crippen LogP contribution in [0.25, 0.3) is 0 Å². The lowest BCUT2D eigenvalue weighted by atomic mass is 10.1. The minimum Gasteiger partial charge on any atom is -0.348 e. The van der Waals surface area contributed by atoms with Gasteiger partial charge in [0, 0.05) is 12.5 Å². The monoisotopic (exact) mass is 232 g/mol. The quantitative estimate of drug-likeness (QED) is 0.833. The lowest BCUT2D eigenvalue weighted by molar-refractivity contribution is -0.122. The lowest BCUT2D eigenvalue weighted by Gasteiger charge is -2.18. The summed E-state index contributed by atoms with van der Waals surface area (Å²) in [5.41, 5.74) is 8.54. The average Bonchev–Trinajstić information content (AvgIpc) is 2.64. The number of fused-ring (bicyclic) bond motifs is 1. The highest BCUT2D eigenvalue weighted by molar-refractivity contribution is 5.76. The van der Waals surface area contributed by atoms with E-state index in [9.17, 15) is 4.79 Å². The zero-order chi connectivity index (χ0) is 12.3. The molecule has 17 heavy (non-hydrogen) atoms. The molecule has 1 aromatic rings. The number of hydrogen-bond donors (Lipinski definition) is 2. The zero-order valence-electron chi connectivity index (χ0n) is 10.3. The van der Waals surface area contributed by atoms with Crippen molar-refractivity contribution in [3.8, 4) is 0 Å². The van der Waals surface area contributed by atoms with Crippen molar-refractivity contribution in [2.24, 2.45) is 5.73 Å². The van der Waals surface area contributed by atoms with E-state index in [1.165, 1.54) is 11.1 Å². The SMILES string of the molecule is CCCCC(=O)NC1c2ccccc2CC1N. The van der Waals surface area contributed by atoms with Crippen molar-refractivity contribution in [3.05, 3.63) is 35.4 Å². The van der Waals surface area contributed by atoms with Crippen molar-refractivity contribution < 1.29 is 4.79 Å². The van der Waals surface area contributed by atoms with Crippen LogP contribution in [-0.2, 0) is 11.2 Å². The third-order valence-electron chi connectivity index (χ3n) is 3.35. The first-order valence-corrected chi connectivity index (χ1v) is 6.35. The van der Waals surface area contributed by atoms with Gasteiger partial charge in [-0.25, -0.2) is 0 Å². The van der Waals surface area contributed by atoms with E-state index in [-0.39, 0.29) is 18.0 Å². The zero-order valence-corrected chi connectivity index (χ0v) is 10.3. The van der Waals surface area contributed by atoms with Gasteiger partial charge in [-0.1, -0.05) is 37.6 Å². The number of nitrogens with one attached hydrogen (secondary N) is 1. The number of rotatable bonds is 4. The molecule has 1 aliphatic rings. The van der Waals surface area contributed by atoms with Crippen LogP contribution in [0.2, 0.25) is 0 Å². The summed E-state index contributed by atoms with van der Waals surface area (Å²) in [6.45, 7) is 2.09. The van der Waals surface area contributed by atoms with Gasteiger partial charge in [0.15, 0.2) is 0 Å². The van der Waals surface area contributed by atoms with E-state index >= 15 is 0 Å². The Morgan fingerprint density at radius 3 is 3.00 bits per heavy atom. The van der Waals surface area contributed by atoms with Crippen molar-refractivity contribution in [2.45, 2.75) is 44.7 Å². The molecule has 92 valence electrons. The van der Waals surface area contributed by atoms with Crippen molar-refractivity contribution in [1.82, 2.24) is 5.32 Å². The molecule has 0 heterocycles. The second-order valence-corrected chi connectivity index (χ2v) is 4.72. The maximum atomic E-state index is 11.7. The topological polar surface area (TPSA) is 55.1 Å². The molecule has 0 saturated heterocycles. The number of carbonyl (C=O) groups excluding carboxylic acids is 1. The molecule has 3 heteroatoms. The van der Waals surface area contributed by atoms with Crippen LogP contribution >= 0.6 is 0 Å². The molecule has 0 aliphatic heterocycles. The van der Waals surface area contributed by atoms with Crippen molar-refractivity contribution in [1.29, 1.82) is 0 Å². The van der Waals surface area contributed by atoms with E-state index in [0.717, 1.165) is 19.3 Å². The molecule has 0 bridgehead atoms. The fourth-order valence-corrected chi connectivity index (χ4v) is 2.39. The highest BCUT2D eigenvalue weighted by Crippen LogP contribution is 2.30. The van der Waals surface area contributed by atoms with Crippen LogP contribution in [0.15, 0.2) is 24.3 Å². The van der Waals surface area contributed by atoms with Gasteiger partial charge >= 0.3 is 0 Å². The summed E-state index contributed by atoms with van der Waals surface area (Å²) < 4.78 is 0. The van der Waals surface area contributed by atoms with E-state index < -0.39 is 0 Å². The maximum absolute atomic E-state index is 11.7.